The van der Waals surface area contributed by atoms with E-state index in [0.717, 1.165) is 24.7 Å². The molecule has 2 aromatic rings. The van der Waals surface area contributed by atoms with Gasteiger partial charge in [-0.3, -0.25) is 0 Å². The number of hydrogen-bond donors (Lipinski definition) is 0. The Kier molecular flexibility index (Phi) is 10.2. The highest BCUT2D eigenvalue weighted by Gasteiger charge is 2.14. The van der Waals surface area contributed by atoms with Gasteiger partial charge in [-0.15, -0.1) is 0 Å². The number of unbranched alkanes of at least 4 members (excludes halogenated alkanes) is 2. The molecule has 2 nitrogen and oxygen atoms in total. The number of hydrogen-bond acceptors (Lipinski definition) is 2. The van der Waals surface area contributed by atoms with Crippen molar-refractivity contribution in [2.75, 3.05) is 13.2 Å². The predicted octanol–water partition coefficient (Wildman–Crippen LogP) is 8.03. The van der Waals surface area contributed by atoms with Gasteiger partial charge in [-0.25, -0.2) is 0 Å². The molecule has 0 amide bonds. The van der Waals surface area contributed by atoms with Crippen molar-refractivity contribution in [3.63, 3.8) is 0 Å². The molecule has 0 fully saturated rings. The van der Waals surface area contributed by atoms with E-state index in [4.69, 9.17) is 9.47 Å². The summed E-state index contributed by atoms with van der Waals surface area (Å²) in [5, 5.41) is 2.42. The maximum Gasteiger partial charge on any atom is 0.161 e. The Morgan fingerprint density at radius 1 is 0.679 bits per heavy atom. The van der Waals surface area contributed by atoms with Crippen LogP contribution in [0.2, 0.25) is 0 Å². The van der Waals surface area contributed by atoms with Crippen molar-refractivity contribution in [3.05, 3.63) is 36.4 Å². The molecule has 2 atom stereocenters. The van der Waals surface area contributed by atoms with Crippen LogP contribution in [0.15, 0.2) is 36.4 Å². The first kappa shape index (κ1) is 22.6. The lowest BCUT2D eigenvalue weighted by Gasteiger charge is -2.20. The minimum absolute atomic E-state index is 0.618. The first-order valence-corrected chi connectivity index (χ1v) is 11.5. The normalized spacial score (nSPS) is 13.4. The summed E-state index contributed by atoms with van der Waals surface area (Å²) in [6.45, 7) is 10.6. The van der Waals surface area contributed by atoms with E-state index < -0.39 is 0 Å². The number of benzene rings is 2. The van der Waals surface area contributed by atoms with Crippen molar-refractivity contribution in [2.45, 2.75) is 79.1 Å². The van der Waals surface area contributed by atoms with Crippen molar-refractivity contribution in [2.24, 2.45) is 11.8 Å². The summed E-state index contributed by atoms with van der Waals surface area (Å²) in [5.74, 6) is 3.04. The monoisotopic (exact) mass is 384 g/mol. The zero-order valence-electron chi connectivity index (χ0n) is 18.5. The molecule has 0 saturated carbocycles. The van der Waals surface area contributed by atoms with Gasteiger partial charge >= 0.3 is 0 Å². The van der Waals surface area contributed by atoms with Crippen molar-refractivity contribution >= 4 is 10.8 Å². The summed E-state index contributed by atoms with van der Waals surface area (Å²) in [5.41, 5.74) is 0. The molecule has 2 rings (SSSR count). The largest absolute Gasteiger partial charge is 0.489 e. The number of rotatable bonds is 14. The smallest absolute Gasteiger partial charge is 0.161 e. The fourth-order valence-electron chi connectivity index (χ4n) is 3.64. The molecule has 2 heteroatoms. The fourth-order valence-corrected chi connectivity index (χ4v) is 3.64. The van der Waals surface area contributed by atoms with Gasteiger partial charge in [0.1, 0.15) is 0 Å². The molecular weight excluding hydrogens is 344 g/mol. The lowest BCUT2D eigenvalue weighted by molar-refractivity contribution is 0.199. The average Bonchev–Trinajstić information content (AvgIpc) is 2.73. The number of fused-ring (bicyclic) bond motifs is 1. The summed E-state index contributed by atoms with van der Waals surface area (Å²) in [7, 11) is 0. The third-order valence-corrected chi connectivity index (χ3v) is 5.85. The number of ether oxygens (including phenoxy) is 2. The molecule has 156 valence electrons. The molecule has 28 heavy (non-hydrogen) atoms. The summed E-state index contributed by atoms with van der Waals surface area (Å²) < 4.78 is 12.6. The fraction of sp³-hybridized carbons (Fsp3) is 0.615. The zero-order chi connectivity index (χ0) is 20.2. The van der Waals surface area contributed by atoms with Gasteiger partial charge in [0, 0.05) is 0 Å². The molecule has 0 aliphatic rings. The van der Waals surface area contributed by atoms with Crippen LogP contribution in [0.1, 0.15) is 79.1 Å². The predicted molar refractivity (Wildman–Crippen MR) is 122 cm³/mol. The minimum atomic E-state index is 0.618. The summed E-state index contributed by atoms with van der Waals surface area (Å²) >= 11 is 0. The van der Waals surface area contributed by atoms with Crippen LogP contribution in [0, 0.1) is 11.8 Å². The molecule has 0 N–H and O–H groups in total. The molecular formula is C26H40O2. The van der Waals surface area contributed by atoms with E-state index in [1.54, 1.807) is 0 Å². The molecule has 0 bridgehead atoms. The van der Waals surface area contributed by atoms with E-state index in [2.05, 4.69) is 64.1 Å². The summed E-state index contributed by atoms with van der Waals surface area (Å²) in [4.78, 5) is 0. The van der Waals surface area contributed by atoms with Crippen molar-refractivity contribution < 1.29 is 9.47 Å². The van der Waals surface area contributed by atoms with Crippen LogP contribution in [0.4, 0.5) is 0 Å². The Hall–Kier alpha value is -1.70. The molecule has 0 aromatic heterocycles. The average molecular weight is 385 g/mol. The van der Waals surface area contributed by atoms with Gasteiger partial charge in [-0.05, 0) is 47.6 Å². The van der Waals surface area contributed by atoms with E-state index >= 15 is 0 Å². The molecule has 0 radical (unpaired) electrons. The van der Waals surface area contributed by atoms with E-state index in [9.17, 15) is 0 Å². The van der Waals surface area contributed by atoms with Crippen LogP contribution in [0.3, 0.4) is 0 Å². The zero-order valence-corrected chi connectivity index (χ0v) is 18.5. The lowest BCUT2D eigenvalue weighted by Crippen LogP contribution is -2.14. The first-order chi connectivity index (χ1) is 13.7. The van der Waals surface area contributed by atoms with E-state index in [-0.39, 0.29) is 0 Å². The first-order valence-electron chi connectivity index (χ1n) is 11.5. The third-order valence-electron chi connectivity index (χ3n) is 5.85. The van der Waals surface area contributed by atoms with Gasteiger partial charge in [-0.1, -0.05) is 90.5 Å². The third kappa shape index (κ3) is 7.04. The van der Waals surface area contributed by atoms with Gasteiger partial charge in [-0.2, -0.15) is 0 Å². The Bertz CT molecular complexity index is 621. The Morgan fingerprint density at radius 3 is 1.46 bits per heavy atom. The Labute approximate surface area is 172 Å². The second-order valence-corrected chi connectivity index (χ2v) is 8.10. The summed E-state index contributed by atoms with van der Waals surface area (Å²) in [6, 6.07) is 12.8. The quantitative estimate of drug-likeness (QED) is 0.328. The van der Waals surface area contributed by atoms with E-state index in [0.29, 0.717) is 11.8 Å². The van der Waals surface area contributed by atoms with Gasteiger partial charge < -0.3 is 9.47 Å². The summed E-state index contributed by atoms with van der Waals surface area (Å²) in [6.07, 6.45) is 9.86. The van der Waals surface area contributed by atoms with Crippen LogP contribution in [0.25, 0.3) is 10.8 Å². The topological polar surface area (TPSA) is 18.5 Å². The molecule has 0 aliphatic carbocycles. The second kappa shape index (κ2) is 12.7. The van der Waals surface area contributed by atoms with Crippen LogP contribution in [-0.2, 0) is 0 Å². The Morgan fingerprint density at radius 2 is 1.11 bits per heavy atom. The van der Waals surface area contributed by atoms with Gasteiger partial charge in [0.2, 0.25) is 0 Å². The molecule has 0 heterocycles. The Balaban J connectivity index is 2.13. The maximum atomic E-state index is 6.32. The molecule has 2 unspecified atom stereocenters. The van der Waals surface area contributed by atoms with Crippen LogP contribution >= 0.6 is 0 Å². The van der Waals surface area contributed by atoms with Crippen LogP contribution < -0.4 is 9.47 Å². The minimum Gasteiger partial charge on any atom is -0.489 e. The lowest BCUT2D eigenvalue weighted by atomic mass is 10.0. The van der Waals surface area contributed by atoms with Crippen molar-refractivity contribution in [3.8, 4) is 11.5 Å². The molecule has 2 aromatic carbocycles. The SMILES string of the molecule is CCCCC(CC)COc1cc2ccccc2cc1OCC(CC)CCCC. The highest BCUT2D eigenvalue weighted by Crippen LogP contribution is 2.34. The highest BCUT2D eigenvalue weighted by molar-refractivity contribution is 5.86. The van der Waals surface area contributed by atoms with E-state index in [1.165, 1.54) is 62.1 Å². The van der Waals surface area contributed by atoms with Gasteiger partial charge in [0.25, 0.3) is 0 Å². The second-order valence-electron chi connectivity index (χ2n) is 8.10. The van der Waals surface area contributed by atoms with Gasteiger partial charge in [0.05, 0.1) is 13.2 Å². The highest BCUT2D eigenvalue weighted by atomic mass is 16.5. The van der Waals surface area contributed by atoms with Gasteiger partial charge in [0.15, 0.2) is 11.5 Å². The molecule has 0 spiro atoms. The molecule has 0 aliphatic heterocycles. The maximum absolute atomic E-state index is 6.32. The van der Waals surface area contributed by atoms with Crippen LogP contribution in [-0.4, -0.2) is 13.2 Å². The van der Waals surface area contributed by atoms with E-state index in [1.807, 2.05) is 0 Å². The standard InChI is InChI=1S/C26H40O2/c1-5-9-13-21(7-3)19-27-25-17-23-15-11-12-16-24(23)18-26(25)28-20-22(8-4)14-10-6-2/h11-12,15-18,21-22H,5-10,13-14,19-20H2,1-4H3. The van der Waals surface area contributed by atoms with Crippen molar-refractivity contribution in [1.82, 2.24) is 0 Å². The van der Waals surface area contributed by atoms with Crippen LogP contribution in [0.5, 0.6) is 11.5 Å². The van der Waals surface area contributed by atoms with Crippen molar-refractivity contribution in [1.29, 1.82) is 0 Å². The molecule has 0 saturated heterocycles.